The van der Waals surface area contributed by atoms with Crippen molar-refractivity contribution in [2.45, 2.75) is 52.9 Å². The van der Waals surface area contributed by atoms with Crippen LogP contribution in [0.15, 0.2) is 10.6 Å². The molecule has 2 amide bonds. The highest BCUT2D eigenvalue weighted by Gasteiger charge is 2.04. The van der Waals surface area contributed by atoms with E-state index in [1.807, 2.05) is 0 Å². The highest BCUT2D eigenvalue weighted by atomic mass is 16.5. The van der Waals surface area contributed by atoms with E-state index in [0.717, 1.165) is 18.8 Å². The third kappa shape index (κ3) is 7.49. The van der Waals surface area contributed by atoms with Crippen molar-refractivity contribution < 1.29 is 9.32 Å². The van der Waals surface area contributed by atoms with E-state index in [1.165, 1.54) is 19.3 Å². The van der Waals surface area contributed by atoms with Gasteiger partial charge >= 0.3 is 6.03 Å². The summed E-state index contributed by atoms with van der Waals surface area (Å²) < 4.78 is 4.86. The average molecular weight is 267 g/mol. The van der Waals surface area contributed by atoms with Crippen LogP contribution >= 0.6 is 0 Å². The number of hydrogen-bond donors (Lipinski definition) is 2. The Morgan fingerprint density at radius 3 is 2.68 bits per heavy atom. The molecule has 0 aliphatic rings. The van der Waals surface area contributed by atoms with Gasteiger partial charge in [-0.05, 0) is 19.3 Å². The van der Waals surface area contributed by atoms with Crippen molar-refractivity contribution in [3.05, 3.63) is 11.8 Å². The highest BCUT2D eigenvalue weighted by molar-refractivity contribution is 5.88. The van der Waals surface area contributed by atoms with Crippen LogP contribution in [0.25, 0.3) is 0 Å². The smallest absolute Gasteiger partial charge is 0.320 e. The lowest BCUT2D eigenvalue weighted by atomic mass is 10.0. The summed E-state index contributed by atoms with van der Waals surface area (Å²) in [5.41, 5.74) is 0. The lowest BCUT2D eigenvalue weighted by Gasteiger charge is -2.06. The molecule has 5 nitrogen and oxygen atoms in total. The van der Waals surface area contributed by atoms with Crippen LogP contribution in [-0.2, 0) is 0 Å². The Balaban J connectivity index is 1.99. The van der Waals surface area contributed by atoms with E-state index < -0.39 is 0 Å². The molecule has 1 rings (SSSR count). The van der Waals surface area contributed by atoms with Crippen molar-refractivity contribution in [3.8, 4) is 0 Å². The van der Waals surface area contributed by atoms with Crippen molar-refractivity contribution >= 4 is 11.8 Å². The highest BCUT2D eigenvalue weighted by Crippen LogP contribution is 2.09. The normalized spacial score (nSPS) is 10.7. The maximum Gasteiger partial charge on any atom is 0.320 e. The van der Waals surface area contributed by atoms with Crippen molar-refractivity contribution in [1.29, 1.82) is 0 Å². The molecule has 0 spiro atoms. The molecule has 0 atom stereocenters. The van der Waals surface area contributed by atoms with Gasteiger partial charge < -0.3 is 9.84 Å². The van der Waals surface area contributed by atoms with Crippen LogP contribution in [0.2, 0.25) is 0 Å². The van der Waals surface area contributed by atoms with Gasteiger partial charge in [-0.25, -0.2) is 4.79 Å². The van der Waals surface area contributed by atoms with Crippen LogP contribution in [0.3, 0.4) is 0 Å². The number of carbonyl (C=O) groups is 1. The van der Waals surface area contributed by atoms with Crippen LogP contribution in [0, 0.1) is 12.8 Å². The van der Waals surface area contributed by atoms with Crippen molar-refractivity contribution in [2.75, 3.05) is 11.9 Å². The summed E-state index contributed by atoms with van der Waals surface area (Å²) in [7, 11) is 0. The lowest BCUT2D eigenvalue weighted by molar-refractivity contribution is 0.251. The fraction of sp³-hybridized carbons (Fsp3) is 0.714. The third-order valence-electron chi connectivity index (χ3n) is 2.86. The lowest BCUT2D eigenvalue weighted by Crippen LogP contribution is -2.29. The molecule has 0 saturated heterocycles. The minimum absolute atomic E-state index is 0.226. The molecular formula is C14H25N3O2. The van der Waals surface area contributed by atoms with Gasteiger partial charge in [0, 0.05) is 12.6 Å². The number of nitrogens with zero attached hydrogens (tertiary/aromatic N) is 1. The predicted octanol–water partition coefficient (Wildman–Crippen LogP) is 3.71. The summed E-state index contributed by atoms with van der Waals surface area (Å²) in [5.74, 6) is 1.92. The molecule has 0 aliphatic carbocycles. The van der Waals surface area contributed by atoms with Gasteiger partial charge in [0.15, 0.2) is 5.82 Å². The largest absolute Gasteiger partial charge is 0.360 e. The Kier molecular flexibility index (Phi) is 7.00. The van der Waals surface area contributed by atoms with E-state index in [0.29, 0.717) is 18.1 Å². The first kappa shape index (κ1) is 15.5. The van der Waals surface area contributed by atoms with E-state index in [-0.39, 0.29) is 6.03 Å². The molecule has 0 fully saturated rings. The Morgan fingerprint density at radius 1 is 1.32 bits per heavy atom. The summed E-state index contributed by atoms with van der Waals surface area (Å²) in [6.45, 7) is 6.98. The summed E-state index contributed by atoms with van der Waals surface area (Å²) in [6, 6.07) is 1.46. The monoisotopic (exact) mass is 267 g/mol. The van der Waals surface area contributed by atoms with Gasteiger partial charge in [-0.3, -0.25) is 5.32 Å². The average Bonchev–Trinajstić information content (AvgIpc) is 2.73. The zero-order valence-corrected chi connectivity index (χ0v) is 12.2. The first-order chi connectivity index (χ1) is 9.08. The maximum absolute atomic E-state index is 11.5. The van der Waals surface area contributed by atoms with Gasteiger partial charge in [0.25, 0.3) is 0 Å². The molecule has 2 N–H and O–H groups in total. The SMILES string of the molecule is Cc1cc(NC(=O)NCCCCCCC(C)C)no1. The molecule has 0 bridgehead atoms. The second-order valence-corrected chi connectivity index (χ2v) is 5.30. The van der Waals surface area contributed by atoms with Crippen molar-refractivity contribution in [1.82, 2.24) is 10.5 Å². The van der Waals surface area contributed by atoms with Crippen LogP contribution in [0.1, 0.15) is 51.7 Å². The zero-order chi connectivity index (χ0) is 14.1. The molecule has 0 saturated carbocycles. The molecule has 108 valence electrons. The Morgan fingerprint density at radius 2 is 2.05 bits per heavy atom. The molecule has 5 heteroatoms. The number of urea groups is 1. The van der Waals surface area contributed by atoms with Gasteiger partial charge in [0.2, 0.25) is 0 Å². The van der Waals surface area contributed by atoms with Gasteiger partial charge in [0.05, 0.1) is 0 Å². The molecular weight excluding hydrogens is 242 g/mol. The summed E-state index contributed by atoms with van der Waals surface area (Å²) >= 11 is 0. The van der Waals surface area contributed by atoms with Gasteiger partial charge in [0.1, 0.15) is 5.76 Å². The number of rotatable bonds is 8. The maximum atomic E-state index is 11.5. The standard InChI is InChI=1S/C14H25N3O2/c1-11(2)8-6-4-5-7-9-15-14(18)16-13-10-12(3)19-17-13/h10-11H,4-9H2,1-3H3,(H2,15,16,17,18). The van der Waals surface area contributed by atoms with Crippen LogP contribution in [-0.4, -0.2) is 17.7 Å². The first-order valence-corrected chi connectivity index (χ1v) is 7.06. The second kappa shape index (κ2) is 8.56. The minimum atomic E-state index is -0.226. The number of unbranched alkanes of at least 4 members (excludes halogenated alkanes) is 3. The zero-order valence-electron chi connectivity index (χ0n) is 12.2. The first-order valence-electron chi connectivity index (χ1n) is 7.06. The molecule has 0 aromatic carbocycles. The van der Waals surface area contributed by atoms with E-state index in [9.17, 15) is 4.79 Å². The molecule has 0 radical (unpaired) electrons. The second-order valence-electron chi connectivity index (χ2n) is 5.30. The van der Waals surface area contributed by atoms with Gasteiger partial charge in [-0.15, -0.1) is 0 Å². The summed E-state index contributed by atoms with van der Waals surface area (Å²) in [4.78, 5) is 11.5. The summed E-state index contributed by atoms with van der Waals surface area (Å²) in [5, 5.41) is 9.13. The van der Waals surface area contributed by atoms with E-state index in [2.05, 4.69) is 29.6 Å². The number of aromatic nitrogens is 1. The number of anilines is 1. The van der Waals surface area contributed by atoms with Crippen LogP contribution in [0.4, 0.5) is 10.6 Å². The predicted molar refractivity (Wildman–Crippen MR) is 76.2 cm³/mol. The quantitative estimate of drug-likeness (QED) is 0.705. The number of nitrogens with one attached hydrogen (secondary N) is 2. The molecule has 19 heavy (non-hydrogen) atoms. The van der Waals surface area contributed by atoms with Crippen LogP contribution < -0.4 is 10.6 Å². The summed E-state index contributed by atoms with van der Waals surface area (Å²) in [6.07, 6.45) is 5.99. The number of carbonyl (C=O) groups excluding carboxylic acids is 1. The topological polar surface area (TPSA) is 67.2 Å². The Labute approximate surface area is 115 Å². The van der Waals surface area contributed by atoms with Crippen molar-refractivity contribution in [2.24, 2.45) is 5.92 Å². The van der Waals surface area contributed by atoms with E-state index >= 15 is 0 Å². The van der Waals surface area contributed by atoms with Gasteiger partial charge in [-0.2, -0.15) is 0 Å². The third-order valence-corrected chi connectivity index (χ3v) is 2.86. The minimum Gasteiger partial charge on any atom is -0.360 e. The van der Waals surface area contributed by atoms with Crippen molar-refractivity contribution in [3.63, 3.8) is 0 Å². The number of amides is 2. The molecule has 1 aromatic heterocycles. The molecule has 0 aliphatic heterocycles. The van der Waals surface area contributed by atoms with E-state index in [1.54, 1.807) is 13.0 Å². The Bertz CT molecular complexity index is 375. The Hall–Kier alpha value is -1.52. The molecule has 1 heterocycles. The number of hydrogen-bond acceptors (Lipinski definition) is 3. The fourth-order valence-electron chi connectivity index (χ4n) is 1.82. The number of aryl methyl sites for hydroxylation is 1. The van der Waals surface area contributed by atoms with Gasteiger partial charge in [-0.1, -0.05) is 44.7 Å². The molecule has 1 aromatic rings. The molecule has 0 unspecified atom stereocenters. The fourth-order valence-corrected chi connectivity index (χ4v) is 1.82. The van der Waals surface area contributed by atoms with Crippen LogP contribution in [0.5, 0.6) is 0 Å². The van der Waals surface area contributed by atoms with E-state index in [4.69, 9.17) is 4.52 Å².